The standard InChI is InChI=1S/C21H17F3N2O2/c1-13-8-14(10-15(9-13)21(22,23)24)11-26-18-5-3-2-4-17(18)20(25-26)19-7-6-16(12-27)28-19/h2-10,27H,11-12H2,1H3. The summed E-state index contributed by atoms with van der Waals surface area (Å²) in [6.45, 7) is 1.62. The molecule has 0 saturated heterocycles. The normalized spacial score (nSPS) is 12.0. The minimum absolute atomic E-state index is 0.193. The maximum atomic E-state index is 13.1. The number of hydrogen-bond acceptors (Lipinski definition) is 3. The molecule has 0 atom stereocenters. The molecular weight excluding hydrogens is 369 g/mol. The molecule has 0 aliphatic rings. The van der Waals surface area contributed by atoms with Crippen LogP contribution in [0.5, 0.6) is 0 Å². The van der Waals surface area contributed by atoms with Crippen LogP contribution in [-0.4, -0.2) is 14.9 Å². The van der Waals surface area contributed by atoms with Gasteiger partial charge in [-0.15, -0.1) is 0 Å². The van der Waals surface area contributed by atoms with Crippen molar-refractivity contribution in [2.75, 3.05) is 0 Å². The van der Waals surface area contributed by atoms with E-state index < -0.39 is 11.7 Å². The van der Waals surface area contributed by atoms with Gasteiger partial charge in [0.25, 0.3) is 0 Å². The van der Waals surface area contributed by atoms with E-state index in [9.17, 15) is 18.3 Å². The largest absolute Gasteiger partial charge is 0.457 e. The summed E-state index contributed by atoms with van der Waals surface area (Å²) >= 11 is 0. The Hall–Kier alpha value is -3.06. The number of aryl methyl sites for hydroxylation is 1. The average molecular weight is 386 g/mol. The van der Waals surface area contributed by atoms with Crippen LogP contribution < -0.4 is 0 Å². The molecular formula is C21H17F3N2O2. The summed E-state index contributed by atoms with van der Waals surface area (Å²) in [6.07, 6.45) is -4.40. The zero-order valence-electron chi connectivity index (χ0n) is 15.0. The summed E-state index contributed by atoms with van der Waals surface area (Å²) in [7, 11) is 0. The number of furan rings is 1. The lowest BCUT2D eigenvalue weighted by atomic mass is 10.1. The van der Waals surface area contributed by atoms with Crippen molar-refractivity contribution in [3.63, 3.8) is 0 Å². The zero-order chi connectivity index (χ0) is 19.9. The van der Waals surface area contributed by atoms with E-state index in [1.807, 2.05) is 24.3 Å². The fourth-order valence-electron chi connectivity index (χ4n) is 3.31. The minimum atomic E-state index is -4.40. The van der Waals surface area contributed by atoms with Crippen LogP contribution in [0.1, 0.15) is 22.5 Å². The Labute approximate surface area is 158 Å². The second-order valence-electron chi connectivity index (χ2n) is 6.65. The predicted molar refractivity (Wildman–Crippen MR) is 98.6 cm³/mol. The summed E-state index contributed by atoms with van der Waals surface area (Å²) < 4.78 is 46.7. The van der Waals surface area contributed by atoms with Crippen LogP contribution >= 0.6 is 0 Å². The number of para-hydroxylation sites is 1. The SMILES string of the molecule is Cc1cc(Cn2nc(-c3ccc(CO)o3)c3ccccc32)cc(C(F)(F)F)c1. The van der Waals surface area contributed by atoms with Crippen molar-refractivity contribution in [1.82, 2.24) is 9.78 Å². The molecule has 4 nitrogen and oxygen atoms in total. The number of aromatic nitrogens is 2. The van der Waals surface area contributed by atoms with Gasteiger partial charge in [-0.25, -0.2) is 0 Å². The smallest absolute Gasteiger partial charge is 0.416 e. The second kappa shape index (κ2) is 6.83. The van der Waals surface area contributed by atoms with Crippen molar-refractivity contribution in [2.45, 2.75) is 26.3 Å². The second-order valence-corrected chi connectivity index (χ2v) is 6.65. The molecule has 4 aromatic rings. The molecule has 7 heteroatoms. The average Bonchev–Trinajstić information content (AvgIpc) is 3.25. The van der Waals surface area contributed by atoms with Crippen molar-refractivity contribution >= 4 is 10.9 Å². The highest BCUT2D eigenvalue weighted by Crippen LogP contribution is 2.32. The van der Waals surface area contributed by atoms with E-state index in [1.165, 1.54) is 0 Å². The van der Waals surface area contributed by atoms with E-state index in [0.717, 1.165) is 23.0 Å². The number of nitrogens with zero attached hydrogens (tertiary/aromatic N) is 2. The van der Waals surface area contributed by atoms with Gasteiger partial charge in [-0.05, 0) is 42.8 Å². The molecule has 2 aromatic carbocycles. The first-order chi connectivity index (χ1) is 13.3. The van der Waals surface area contributed by atoms with Crippen LogP contribution in [0, 0.1) is 6.92 Å². The summed E-state index contributed by atoms with van der Waals surface area (Å²) in [5.41, 5.74) is 1.76. The third-order valence-corrected chi connectivity index (χ3v) is 4.51. The van der Waals surface area contributed by atoms with Crippen LogP contribution in [-0.2, 0) is 19.3 Å². The maximum absolute atomic E-state index is 13.1. The van der Waals surface area contributed by atoms with Crippen molar-refractivity contribution in [1.29, 1.82) is 0 Å². The van der Waals surface area contributed by atoms with Gasteiger partial charge in [-0.1, -0.05) is 29.8 Å². The number of halogens is 3. The van der Waals surface area contributed by atoms with E-state index in [0.29, 0.717) is 28.3 Å². The van der Waals surface area contributed by atoms with Crippen LogP contribution in [0.15, 0.2) is 59.0 Å². The van der Waals surface area contributed by atoms with Gasteiger partial charge in [0.05, 0.1) is 17.6 Å². The number of rotatable bonds is 4. The van der Waals surface area contributed by atoms with Crippen LogP contribution in [0.4, 0.5) is 13.2 Å². The number of aliphatic hydroxyl groups is 1. The van der Waals surface area contributed by atoms with Gasteiger partial charge in [-0.3, -0.25) is 4.68 Å². The van der Waals surface area contributed by atoms with E-state index >= 15 is 0 Å². The molecule has 0 saturated carbocycles. The lowest BCUT2D eigenvalue weighted by Gasteiger charge is -2.11. The monoisotopic (exact) mass is 386 g/mol. The first-order valence-electron chi connectivity index (χ1n) is 8.68. The predicted octanol–water partition coefficient (Wildman–Crippen LogP) is 5.16. The quantitative estimate of drug-likeness (QED) is 0.527. The fourth-order valence-corrected chi connectivity index (χ4v) is 3.31. The highest BCUT2D eigenvalue weighted by atomic mass is 19.4. The van der Waals surface area contributed by atoms with Crippen LogP contribution in [0.25, 0.3) is 22.4 Å². The van der Waals surface area contributed by atoms with Crippen molar-refractivity contribution in [3.8, 4) is 11.5 Å². The van der Waals surface area contributed by atoms with E-state index in [-0.39, 0.29) is 13.2 Å². The Balaban J connectivity index is 1.79. The molecule has 0 fully saturated rings. The number of benzene rings is 2. The summed E-state index contributed by atoms with van der Waals surface area (Å²) in [4.78, 5) is 0. The lowest BCUT2D eigenvalue weighted by Crippen LogP contribution is -2.08. The first-order valence-corrected chi connectivity index (χ1v) is 8.68. The molecule has 0 bridgehead atoms. The van der Waals surface area contributed by atoms with E-state index in [1.54, 1.807) is 29.8 Å². The number of hydrogen-bond donors (Lipinski definition) is 1. The van der Waals surface area contributed by atoms with Gasteiger partial charge in [0.2, 0.25) is 0 Å². The molecule has 0 spiro atoms. The van der Waals surface area contributed by atoms with E-state index in [4.69, 9.17) is 4.42 Å². The van der Waals surface area contributed by atoms with Gasteiger partial charge >= 0.3 is 6.18 Å². The molecule has 0 unspecified atom stereocenters. The highest BCUT2D eigenvalue weighted by molar-refractivity contribution is 5.92. The van der Waals surface area contributed by atoms with Crippen molar-refractivity contribution < 1.29 is 22.7 Å². The number of fused-ring (bicyclic) bond motifs is 1. The lowest BCUT2D eigenvalue weighted by molar-refractivity contribution is -0.137. The molecule has 0 amide bonds. The number of aliphatic hydroxyl groups excluding tert-OH is 1. The molecule has 144 valence electrons. The molecule has 4 rings (SSSR count). The molecule has 2 heterocycles. The third-order valence-electron chi connectivity index (χ3n) is 4.51. The molecule has 1 N–H and O–H groups in total. The molecule has 28 heavy (non-hydrogen) atoms. The molecule has 0 radical (unpaired) electrons. The van der Waals surface area contributed by atoms with Gasteiger partial charge in [0, 0.05) is 5.39 Å². The fraction of sp³-hybridized carbons (Fsp3) is 0.190. The van der Waals surface area contributed by atoms with Crippen molar-refractivity contribution in [2.24, 2.45) is 0 Å². The van der Waals surface area contributed by atoms with Crippen molar-refractivity contribution in [3.05, 3.63) is 77.0 Å². The highest BCUT2D eigenvalue weighted by Gasteiger charge is 2.31. The summed E-state index contributed by atoms with van der Waals surface area (Å²) in [6, 6.07) is 14.9. The summed E-state index contributed by atoms with van der Waals surface area (Å²) in [5, 5.41) is 14.6. The Morgan fingerprint density at radius 3 is 2.57 bits per heavy atom. The Kier molecular flexibility index (Phi) is 4.47. The van der Waals surface area contributed by atoms with Gasteiger partial charge in [-0.2, -0.15) is 18.3 Å². The number of alkyl halides is 3. The van der Waals surface area contributed by atoms with Crippen LogP contribution in [0.2, 0.25) is 0 Å². The third kappa shape index (κ3) is 3.41. The minimum Gasteiger partial charge on any atom is -0.457 e. The van der Waals surface area contributed by atoms with Crippen LogP contribution in [0.3, 0.4) is 0 Å². The maximum Gasteiger partial charge on any atom is 0.416 e. The Bertz CT molecular complexity index is 1140. The van der Waals surface area contributed by atoms with Gasteiger partial charge < -0.3 is 9.52 Å². The molecule has 2 aromatic heterocycles. The topological polar surface area (TPSA) is 51.2 Å². The zero-order valence-corrected chi connectivity index (χ0v) is 15.0. The van der Waals surface area contributed by atoms with E-state index in [2.05, 4.69) is 5.10 Å². The first kappa shape index (κ1) is 18.3. The van der Waals surface area contributed by atoms with Gasteiger partial charge in [0.15, 0.2) is 5.76 Å². The van der Waals surface area contributed by atoms with Gasteiger partial charge in [0.1, 0.15) is 18.1 Å². The molecule has 0 aliphatic heterocycles. The molecule has 0 aliphatic carbocycles. The Morgan fingerprint density at radius 2 is 1.86 bits per heavy atom. The Morgan fingerprint density at radius 1 is 1.07 bits per heavy atom. The summed E-state index contributed by atoms with van der Waals surface area (Å²) in [5.74, 6) is 0.918.